The van der Waals surface area contributed by atoms with Gasteiger partial charge in [-0.2, -0.15) is 0 Å². The van der Waals surface area contributed by atoms with Crippen LogP contribution in [0.5, 0.6) is 17.2 Å². The molecular weight excluding hydrogens is 458 g/mol. The summed E-state index contributed by atoms with van der Waals surface area (Å²) in [5, 5.41) is 3.32. The largest absolute Gasteiger partial charge is 0.497 e. The lowest BCUT2D eigenvalue weighted by Gasteiger charge is -2.40. The average Bonchev–Trinajstić information content (AvgIpc) is 3.34. The molecule has 1 aliphatic carbocycles. The molecule has 2 heterocycles. The number of hydrogen-bond donors (Lipinski definition) is 1. The van der Waals surface area contributed by atoms with E-state index in [0.29, 0.717) is 42.2 Å². The van der Waals surface area contributed by atoms with Crippen LogP contribution in [0.25, 0.3) is 0 Å². The summed E-state index contributed by atoms with van der Waals surface area (Å²) in [5.74, 6) is 0.610. The monoisotopic (exact) mass is 489 g/mol. The fraction of sp³-hybridized carbons (Fsp3) is 0.379. The maximum Gasteiger partial charge on any atom is 0.315 e. The number of ketones is 1. The number of rotatable bonds is 6. The molecule has 5 rings (SSSR count). The lowest BCUT2D eigenvalue weighted by Crippen LogP contribution is -2.42. The fourth-order valence-corrected chi connectivity index (χ4v) is 5.24. The van der Waals surface area contributed by atoms with Gasteiger partial charge in [0.15, 0.2) is 17.3 Å². The molecule has 7 heteroatoms. The lowest BCUT2D eigenvalue weighted by molar-refractivity contribution is -0.149. The summed E-state index contributed by atoms with van der Waals surface area (Å²) in [6.45, 7) is 8.62. The third-order valence-corrected chi connectivity index (χ3v) is 6.99. The normalized spacial score (nSPS) is 22.8. The van der Waals surface area contributed by atoms with Crippen molar-refractivity contribution >= 4 is 11.8 Å². The van der Waals surface area contributed by atoms with Gasteiger partial charge in [-0.25, -0.2) is 0 Å². The van der Waals surface area contributed by atoms with E-state index in [9.17, 15) is 9.59 Å². The molecule has 0 fully saturated rings. The maximum atomic E-state index is 13.7. The number of allylic oxidation sites excluding steroid dienone is 2. The Hall–Kier alpha value is -3.74. The van der Waals surface area contributed by atoms with Crippen LogP contribution in [-0.2, 0) is 14.3 Å². The number of esters is 1. The number of methoxy groups -OCH3 is 1. The van der Waals surface area contributed by atoms with Crippen molar-refractivity contribution in [2.45, 2.75) is 38.5 Å². The number of ether oxygens (including phenoxy) is 4. The number of nitrogens with one attached hydrogen (secondary N) is 1. The van der Waals surface area contributed by atoms with Gasteiger partial charge in [-0.05, 0) is 53.6 Å². The minimum atomic E-state index is -0.732. The predicted molar refractivity (Wildman–Crippen MR) is 134 cm³/mol. The highest BCUT2D eigenvalue weighted by atomic mass is 16.7. The molecule has 1 N–H and O–H groups in total. The lowest BCUT2D eigenvalue weighted by atomic mass is 9.69. The molecule has 7 nitrogen and oxygen atoms in total. The molecule has 2 aromatic carbocycles. The fourth-order valence-electron chi connectivity index (χ4n) is 5.24. The Labute approximate surface area is 211 Å². The van der Waals surface area contributed by atoms with Gasteiger partial charge in [-0.3, -0.25) is 9.59 Å². The Bertz CT molecular complexity index is 1230. The van der Waals surface area contributed by atoms with Gasteiger partial charge in [0.05, 0.1) is 13.7 Å². The van der Waals surface area contributed by atoms with Crippen LogP contribution in [0, 0.1) is 11.8 Å². The second-order valence-electron chi connectivity index (χ2n) is 9.94. The Morgan fingerprint density at radius 1 is 1.08 bits per heavy atom. The summed E-state index contributed by atoms with van der Waals surface area (Å²) in [7, 11) is 1.63. The van der Waals surface area contributed by atoms with Crippen LogP contribution in [0.2, 0.25) is 0 Å². The summed E-state index contributed by atoms with van der Waals surface area (Å²) in [6, 6.07) is 13.4. The number of carbonyl (C=O) groups is 2. The minimum Gasteiger partial charge on any atom is -0.497 e. The highest BCUT2D eigenvalue weighted by Gasteiger charge is 2.45. The van der Waals surface area contributed by atoms with Crippen LogP contribution < -0.4 is 19.5 Å². The summed E-state index contributed by atoms with van der Waals surface area (Å²) >= 11 is 0. The highest BCUT2D eigenvalue weighted by molar-refractivity contribution is 6.01. The van der Waals surface area contributed by atoms with E-state index in [4.69, 9.17) is 18.9 Å². The second-order valence-corrected chi connectivity index (χ2v) is 9.94. The molecule has 0 aromatic heterocycles. The molecule has 188 valence electrons. The van der Waals surface area contributed by atoms with Crippen LogP contribution in [-0.4, -0.2) is 32.3 Å². The molecule has 0 saturated carbocycles. The SMILES string of the molecule is C=C1NC2=C(C(=O)CC(c3ccc(OC)cc3)C2)C(c2ccc3c(c2)OCO3)C1C(=O)OCC(C)C. The molecule has 0 radical (unpaired) electrons. The van der Waals surface area contributed by atoms with Crippen molar-refractivity contribution in [3.05, 3.63) is 77.1 Å². The molecule has 2 aliphatic heterocycles. The molecule has 0 bridgehead atoms. The van der Waals surface area contributed by atoms with E-state index in [1.807, 2.05) is 56.3 Å². The van der Waals surface area contributed by atoms with Crippen molar-refractivity contribution < 1.29 is 28.5 Å². The molecule has 0 amide bonds. The van der Waals surface area contributed by atoms with Crippen molar-refractivity contribution in [2.24, 2.45) is 11.8 Å². The van der Waals surface area contributed by atoms with Crippen LogP contribution in [0.4, 0.5) is 0 Å². The molecule has 3 aliphatic rings. The van der Waals surface area contributed by atoms with E-state index in [2.05, 4.69) is 11.9 Å². The molecule has 0 saturated heterocycles. The molecule has 3 unspecified atom stereocenters. The van der Waals surface area contributed by atoms with Crippen molar-refractivity contribution in [1.29, 1.82) is 0 Å². The Kier molecular flexibility index (Phi) is 6.48. The molecule has 0 spiro atoms. The van der Waals surface area contributed by atoms with Crippen LogP contribution >= 0.6 is 0 Å². The number of benzene rings is 2. The highest BCUT2D eigenvalue weighted by Crippen LogP contribution is 2.48. The van der Waals surface area contributed by atoms with Crippen molar-refractivity contribution in [1.82, 2.24) is 5.32 Å². The average molecular weight is 490 g/mol. The van der Waals surface area contributed by atoms with Gasteiger partial charge < -0.3 is 24.3 Å². The Balaban J connectivity index is 1.54. The van der Waals surface area contributed by atoms with E-state index in [-0.39, 0.29) is 30.4 Å². The quantitative estimate of drug-likeness (QED) is 0.582. The first-order valence-electron chi connectivity index (χ1n) is 12.3. The zero-order chi connectivity index (χ0) is 25.4. The summed E-state index contributed by atoms with van der Waals surface area (Å²) < 4.78 is 22.0. The topological polar surface area (TPSA) is 83.1 Å². The van der Waals surface area contributed by atoms with Crippen molar-refractivity contribution in [2.75, 3.05) is 20.5 Å². The van der Waals surface area contributed by atoms with E-state index in [1.165, 1.54) is 0 Å². The van der Waals surface area contributed by atoms with Gasteiger partial charge in [0.1, 0.15) is 11.7 Å². The van der Waals surface area contributed by atoms with Crippen LogP contribution in [0.3, 0.4) is 0 Å². The summed E-state index contributed by atoms with van der Waals surface area (Å²) in [4.78, 5) is 27.1. The molecule has 2 aromatic rings. The zero-order valence-corrected chi connectivity index (χ0v) is 20.8. The third-order valence-electron chi connectivity index (χ3n) is 6.99. The molecule has 3 atom stereocenters. The molecule has 36 heavy (non-hydrogen) atoms. The molecular formula is C29H31NO6. The smallest absolute Gasteiger partial charge is 0.315 e. The number of Topliss-reactive ketones (excluding diaryl/α,β-unsaturated/α-hetero) is 1. The number of hydrogen-bond acceptors (Lipinski definition) is 7. The summed E-state index contributed by atoms with van der Waals surface area (Å²) in [6.07, 6.45) is 0.995. The van der Waals surface area contributed by atoms with Gasteiger partial charge in [0, 0.05) is 29.3 Å². The first kappa shape index (κ1) is 24.0. The first-order chi connectivity index (χ1) is 17.4. The predicted octanol–water partition coefficient (Wildman–Crippen LogP) is 4.84. The van der Waals surface area contributed by atoms with Crippen LogP contribution in [0.1, 0.15) is 49.7 Å². The van der Waals surface area contributed by atoms with E-state index < -0.39 is 11.8 Å². The van der Waals surface area contributed by atoms with E-state index >= 15 is 0 Å². The van der Waals surface area contributed by atoms with Crippen molar-refractivity contribution in [3.8, 4) is 17.2 Å². The van der Waals surface area contributed by atoms with E-state index in [0.717, 1.165) is 22.6 Å². The first-order valence-corrected chi connectivity index (χ1v) is 12.3. The van der Waals surface area contributed by atoms with Gasteiger partial charge in [-0.1, -0.05) is 38.6 Å². The van der Waals surface area contributed by atoms with Gasteiger partial charge in [0.2, 0.25) is 6.79 Å². The number of carbonyl (C=O) groups excluding carboxylic acids is 2. The second kappa shape index (κ2) is 9.72. The van der Waals surface area contributed by atoms with Gasteiger partial charge in [0.25, 0.3) is 0 Å². The standard InChI is InChI=1S/C29H31NO6/c1-16(2)14-34-29(32)26-17(3)30-22-11-20(18-5-8-21(33-4)9-6-18)12-23(31)28(22)27(26)19-7-10-24-25(13-19)36-15-35-24/h5-10,13,16,20,26-27,30H,3,11-12,14-15H2,1-2,4H3. The summed E-state index contributed by atoms with van der Waals surface area (Å²) in [5.41, 5.74) is 3.84. The van der Waals surface area contributed by atoms with Crippen LogP contribution in [0.15, 0.2) is 66.0 Å². The minimum absolute atomic E-state index is 0.0152. The Morgan fingerprint density at radius 2 is 1.81 bits per heavy atom. The van der Waals surface area contributed by atoms with Crippen molar-refractivity contribution in [3.63, 3.8) is 0 Å². The number of fused-ring (bicyclic) bond motifs is 1. The van der Waals surface area contributed by atoms with Gasteiger partial charge >= 0.3 is 5.97 Å². The third kappa shape index (κ3) is 4.45. The maximum absolute atomic E-state index is 13.7. The Morgan fingerprint density at radius 3 is 2.53 bits per heavy atom. The van der Waals surface area contributed by atoms with E-state index in [1.54, 1.807) is 7.11 Å². The zero-order valence-electron chi connectivity index (χ0n) is 20.8. The van der Waals surface area contributed by atoms with Gasteiger partial charge in [-0.15, -0.1) is 0 Å².